The van der Waals surface area contributed by atoms with E-state index < -0.39 is 42.5 Å². The maximum Gasteiger partial charge on any atom is 0.338 e. The van der Waals surface area contributed by atoms with Crippen LogP contribution in [0.15, 0.2) is 66.3 Å². The molecule has 1 saturated heterocycles. The first-order valence-corrected chi connectivity index (χ1v) is 21.6. The molecule has 11 nitrogen and oxygen atoms in total. The van der Waals surface area contributed by atoms with Gasteiger partial charge in [0.25, 0.3) is 0 Å². The van der Waals surface area contributed by atoms with Crippen LogP contribution < -0.4 is 0 Å². The lowest BCUT2D eigenvalue weighted by atomic mass is 9.88. The normalized spacial score (nSPS) is 29.6. The number of hydrogen-bond acceptors (Lipinski definition) is 11. The summed E-state index contributed by atoms with van der Waals surface area (Å²) in [6, 6.07) is 8.90. The van der Waals surface area contributed by atoms with Crippen LogP contribution in [0.25, 0.3) is 0 Å². The van der Waals surface area contributed by atoms with E-state index in [1.54, 1.807) is 24.3 Å². The van der Waals surface area contributed by atoms with Gasteiger partial charge in [0.1, 0.15) is 17.8 Å². The average Bonchev–Trinajstić information content (AvgIpc) is 3.95. The number of carbonyl (C=O) groups excluding carboxylic acids is 2. The van der Waals surface area contributed by atoms with Crippen LogP contribution >= 0.6 is 0 Å². The van der Waals surface area contributed by atoms with Gasteiger partial charge in [0.2, 0.25) is 0 Å². The highest BCUT2D eigenvalue weighted by Crippen LogP contribution is 2.38. The van der Waals surface area contributed by atoms with Crippen molar-refractivity contribution in [2.24, 2.45) is 17.8 Å². The SMILES string of the molecule is CCOC(C)OC1CCC(C)(OC(C)OCC)C(OC(=O)c2ccccc2)/C=C\C(C)C(/C(C)=C/C=C/C(C)CC2OC2C(C)C(CC)OC(C)OCC)OC(=O)C1. The predicted octanol–water partition coefficient (Wildman–Crippen LogP) is 9.54. The number of rotatable bonds is 22. The van der Waals surface area contributed by atoms with Gasteiger partial charge in [-0.15, -0.1) is 0 Å². The molecule has 0 aromatic heterocycles. The molecule has 328 valence electrons. The Labute approximate surface area is 349 Å². The van der Waals surface area contributed by atoms with Crippen molar-refractivity contribution in [1.82, 2.24) is 0 Å². The topological polar surface area (TPSA) is 121 Å². The van der Waals surface area contributed by atoms with Crippen LogP contribution in [0.4, 0.5) is 0 Å². The summed E-state index contributed by atoms with van der Waals surface area (Å²) < 4.78 is 54.8. The maximum absolute atomic E-state index is 13.7. The summed E-state index contributed by atoms with van der Waals surface area (Å²) in [5.41, 5.74) is 0.245. The van der Waals surface area contributed by atoms with Crippen molar-refractivity contribution in [2.75, 3.05) is 19.8 Å². The summed E-state index contributed by atoms with van der Waals surface area (Å²) in [5, 5.41) is 0. The Kier molecular flexibility index (Phi) is 21.3. The summed E-state index contributed by atoms with van der Waals surface area (Å²) in [6.07, 6.45) is 9.59. The minimum absolute atomic E-state index is 0.00547. The van der Waals surface area contributed by atoms with Crippen molar-refractivity contribution in [3.05, 3.63) is 71.8 Å². The molecule has 0 saturated carbocycles. The molecule has 0 spiro atoms. The second-order valence-corrected chi connectivity index (χ2v) is 15.9. The fourth-order valence-electron chi connectivity index (χ4n) is 7.69. The number of carbonyl (C=O) groups is 2. The highest BCUT2D eigenvalue weighted by Gasteiger charge is 2.46. The fourth-order valence-corrected chi connectivity index (χ4v) is 7.69. The van der Waals surface area contributed by atoms with Crippen LogP contribution in [0.3, 0.4) is 0 Å². The summed E-state index contributed by atoms with van der Waals surface area (Å²) in [7, 11) is 0. The summed E-state index contributed by atoms with van der Waals surface area (Å²) in [5.74, 6) is -0.629. The quantitative estimate of drug-likeness (QED) is 0.0366. The Hall–Kier alpha value is -2.90. The number of allylic oxidation sites excluding steroid dienone is 3. The number of cyclic esters (lactones) is 1. The van der Waals surface area contributed by atoms with Gasteiger partial charge in [-0.25, -0.2) is 4.79 Å². The van der Waals surface area contributed by atoms with Crippen LogP contribution in [-0.2, 0) is 47.4 Å². The highest BCUT2D eigenvalue weighted by molar-refractivity contribution is 5.89. The van der Waals surface area contributed by atoms with E-state index in [4.69, 9.17) is 42.6 Å². The number of esters is 2. The minimum Gasteiger partial charge on any atom is -0.457 e. The lowest BCUT2D eigenvalue weighted by Gasteiger charge is -2.39. The number of epoxide rings is 1. The molecule has 1 aromatic rings. The zero-order valence-electron chi connectivity index (χ0n) is 37.3. The molecule has 3 rings (SSSR count). The van der Waals surface area contributed by atoms with Crippen LogP contribution in [0.5, 0.6) is 0 Å². The van der Waals surface area contributed by atoms with Gasteiger partial charge in [0.05, 0.1) is 36.4 Å². The van der Waals surface area contributed by atoms with Crippen LogP contribution in [0.1, 0.15) is 126 Å². The van der Waals surface area contributed by atoms with E-state index in [0.29, 0.717) is 38.2 Å². The molecule has 0 aliphatic carbocycles. The molecular weight excluding hydrogens is 741 g/mol. The second-order valence-electron chi connectivity index (χ2n) is 15.9. The van der Waals surface area contributed by atoms with Crippen molar-refractivity contribution in [2.45, 2.75) is 176 Å². The van der Waals surface area contributed by atoms with E-state index >= 15 is 0 Å². The van der Waals surface area contributed by atoms with E-state index in [2.05, 4.69) is 26.8 Å². The molecule has 2 aliphatic rings. The molecule has 2 heterocycles. The van der Waals surface area contributed by atoms with Crippen molar-refractivity contribution in [3.63, 3.8) is 0 Å². The second kappa shape index (κ2) is 25.0. The molecule has 2 aliphatic heterocycles. The van der Waals surface area contributed by atoms with Crippen LogP contribution in [0.2, 0.25) is 0 Å². The minimum atomic E-state index is -1.05. The molecule has 0 amide bonds. The molecule has 0 radical (unpaired) electrons. The van der Waals surface area contributed by atoms with Gasteiger partial charge >= 0.3 is 11.9 Å². The summed E-state index contributed by atoms with van der Waals surface area (Å²) in [4.78, 5) is 27.3. The third-order valence-electron chi connectivity index (χ3n) is 10.9. The first-order valence-electron chi connectivity index (χ1n) is 21.6. The number of hydrogen-bond donors (Lipinski definition) is 0. The Balaban J connectivity index is 1.87. The van der Waals surface area contributed by atoms with Gasteiger partial charge in [-0.3, -0.25) is 4.79 Å². The molecule has 0 N–H and O–H groups in total. The molecule has 11 heteroatoms. The van der Waals surface area contributed by atoms with Gasteiger partial charge in [-0.2, -0.15) is 0 Å². The monoisotopic (exact) mass is 815 g/mol. The Morgan fingerprint density at radius 1 is 0.931 bits per heavy atom. The van der Waals surface area contributed by atoms with Crippen molar-refractivity contribution >= 4 is 11.9 Å². The predicted molar refractivity (Wildman–Crippen MR) is 225 cm³/mol. The Morgan fingerprint density at radius 3 is 2.24 bits per heavy atom. The zero-order valence-corrected chi connectivity index (χ0v) is 37.3. The fraction of sp³-hybridized carbons (Fsp3) is 0.702. The van der Waals surface area contributed by atoms with E-state index in [9.17, 15) is 9.59 Å². The first-order chi connectivity index (χ1) is 27.6. The van der Waals surface area contributed by atoms with Gasteiger partial charge in [0.15, 0.2) is 18.9 Å². The summed E-state index contributed by atoms with van der Waals surface area (Å²) >= 11 is 0. The van der Waals surface area contributed by atoms with Crippen LogP contribution in [0, 0.1) is 17.8 Å². The average molecular weight is 815 g/mol. The van der Waals surface area contributed by atoms with E-state index in [-0.39, 0.29) is 54.7 Å². The largest absolute Gasteiger partial charge is 0.457 e. The third kappa shape index (κ3) is 16.3. The van der Waals surface area contributed by atoms with E-state index in [0.717, 1.165) is 18.4 Å². The maximum atomic E-state index is 13.7. The third-order valence-corrected chi connectivity index (χ3v) is 10.9. The van der Waals surface area contributed by atoms with Crippen LogP contribution in [-0.4, -0.2) is 92.9 Å². The zero-order chi connectivity index (χ0) is 42.8. The molecule has 1 aromatic carbocycles. The molecular formula is C47H74O11. The molecule has 58 heavy (non-hydrogen) atoms. The smallest absolute Gasteiger partial charge is 0.338 e. The van der Waals surface area contributed by atoms with E-state index in [1.807, 2.05) is 92.7 Å². The summed E-state index contributed by atoms with van der Waals surface area (Å²) in [6.45, 7) is 25.2. The van der Waals surface area contributed by atoms with Gasteiger partial charge in [0, 0.05) is 31.7 Å². The molecule has 1 fully saturated rings. The molecule has 0 bridgehead atoms. The van der Waals surface area contributed by atoms with Crippen molar-refractivity contribution in [3.8, 4) is 0 Å². The Morgan fingerprint density at radius 2 is 1.59 bits per heavy atom. The van der Waals surface area contributed by atoms with Gasteiger partial charge < -0.3 is 42.6 Å². The first kappa shape index (κ1) is 49.5. The van der Waals surface area contributed by atoms with E-state index in [1.165, 1.54) is 0 Å². The Bertz CT molecular complexity index is 1440. The number of benzene rings is 1. The lowest BCUT2D eigenvalue weighted by Crippen LogP contribution is -2.47. The number of ether oxygens (including phenoxy) is 9. The standard InChI is InChI=1S/C47H74O11/c1-13-40(54-36(10)51-15-3)34(8)45-41(55-45)29-31(5)21-20-22-32(6)44-33(7)25-26-42(56-46(49)38-23-18-17-19-24-38)47(12,58-37(11)52-16-4)28-27-39(30-43(48)57-44)53-35(9)50-14-2/h17-26,31,33-37,39-42,44-45H,13-16,27-30H2,1-12H3/b21-20+,26-25-,32-22+. The van der Waals surface area contributed by atoms with Gasteiger partial charge in [-0.1, -0.05) is 70.2 Å². The molecule has 13 atom stereocenters. The van der Waals surface area contributed by atoms with Crippen molar-refractivity contribution < 1.29 is 52.2 Å². The lowest BCUT2D eigenvalue weighted by molar-refractivity contribution is -0.225. The molecule has 13 unspecified atom stereocenters. The van der Waals surface area contributed by atoms with Gasteiger partial charge in [-0.05, 0) is 111 Å². The van der Waals surface area contributed by atoms with Crippen molar-refractivity contribution in [1.29, 1.82) is 0 Å². The highest BCUT2D eigenvalue weighted by atomic mass is 16.7.